The van der Waals surface area contributed by atoms with Crippen molar-refractivity contribution in [2.45, 2.75) is 25.4 Å². The van der Waals surface area contributed by atoms with Crippen LogP contribution in [0.2, 0.25) is 0 Å². The van der Waals surface area contributed by atoms with Crippen LogP contribution in [0.3, 0.4) is 0 Å². The maximum absolute atomic E-state index is 12.5. The lowest BCUT2D eigenvalue weighted by Gasteiger charge is -2.24. The summed E-state index contributed by atoms with van der Waals surface area (Å²) in [6.45, 7) is 3.32. The zero-order chi connectivity index (χ0) is 16.1. The smallest absolute Gasteiger partial charge is 0.255 e. The van der Waals surface area contributed by atoms with Crippen molar-refractivity contribution < 1.29 is 9.21 Å². The second-order valence-electron chi connectivity index (χ2n) is 5.95. The molecule has 2 aromatic rings. The number of nitrogens with one attached hydrogen (secondary N) is 1. The minimum atomic E-state index is -0.124. The van der Waals surface area contributed by atoms with E-state index in [0.717, 1.165) is 25.2 Å². The minimum absolute atomic E-state index is 0. The van der Waals surface area contributed by atoms with Gasteiger partial charge in [0.2, 0.25) is 0 Å². The number of halogens is 2. The van der Waals surface area contributed by atoms with E-state index in [1.54, 1.807) is 6.07 Å². The van der Waals surface area contributed by atoms with Crippen LogP contribution in [-0.2, 0) is 6.54 Å². The summed E-state index contributed by atoms with van der Waals surface area (Å²) >= 11 is 0. The standard InChI is InChI=1S/C18H23N3O2.2ClH/c19-11-16-10-15(13-23-16)18(22)20-17(12-21-8-4-5-9-21)14-6-2-1-3-7-14;;/h1-3,6-7,10,13,17H,4-5,8-9,11-12,19H2,(H,20,22);2*1H. The molecule has 0 spiro atoms. The molecule has 1 aromatic heterocycles. The number of carbonyl (C=O) groups is 1. The third-order valence-corrected chi connectivity index (χ3v) is 4.26. The summed E-state index contributed by atoms with van der Waals surface area (Å²) < 4.78 is 5.26. The lowest BCUT2D eigenvalue weighted by atomic mass is 10.1. The molecule has 7 heteroatoms. The van der Waals surface area contributed by atoms with Crippen molar-refractivity contribution in [3.63, 3.8) is 0 Å². The fourth-order valence-corrected chi connectivity index (χ4v) is 2.99. The quantitative estimate of drug-likeness (QED) is 0.800. The van der Waals surface area contributed by atoms with Gasteiger partial charge < -0.3 is 20.4 Å². The Morgan fingerprint density at radius 1 is 1.20 bits per heavy atom. The molecule has 25 heavy (non-hydrogen) atoms. The van der Waals surface area contributed by atoms with Crippen molar-refractivity contribution >= 4 is 30.7 Å². The molecule has 0 saturated carbocycles. The van der Waals surface area contributed by atoms with Gasteiger partial charge in [-0.15, -0.1) is 24.8 Å². The molecule has 0 bridgehead atoms. The molecule has 1 aromatic carbocycles. The Morgan fingerprint density at radius 2 is 1.88 bits per heavy atom. The van der Waals surface area contributed by atoms with Crippen LogP contribution in [-0.4, -0.2) is 30.4 Å². The van der Waals surface area contributed by atoms with Crippen molar-refractivity contribution in [3.8, 4) is 0 Å². The molecule has 1 fully saturated rings. The molecule has 3 N–H and O–H groups in total. The van der Waals surface area contributed by atoms with E-state index in [9.17, 15) is 4.79 Å². The molecule has 1 unspecified atom stereocenters. The van der Waals surface area contributed by atoms with Crippen LogP contribution in [0.5, 0.6) is 0 Å². The van der Waals surface area contributed by atoms with E-state index in [-0.39, 0.29) is 36.8 Å². The normalized spacial score (nSPS) is 15.1. The molecule has 1 saturated heterocycles. The Labute approximate surface area is 160 Å². The average molecular weight is 386 g/mol. The van der Waals surface area contributed by atoms with Crippen molar-refractivity contribution in [2.24, 2.45) is 5.73 Å². The molecule has 0 radical (unpaired) electrons. The van der Waals surface area contributed by atoms with Gasteiger partial charge in [-0.25, -0.2) is 0 Å². The second kappa shape index (κ2) is 10.5. The van der Waals surface area contributed by atoms with Crippen LogP contribution < -0.4 is 11.1 Å². The van der Waals surface area contributed by atoms with Gasteiger partial charge in [-0.3, -0.25) is 4.79 Å². The van der Waals surface area contributed by atoms with Gasteiger partial charge in [0.25, 0.3) is 5.91 Å². The van der Waals surface area contributed by atoms with Gasteiger partial charge in [0.05, 0.1) is 18.2 Å². The zero-order valence-electron chi connectivity index (χ0n) is 14.0. The van der Waals surface area contributed by atoms with E-state index in [4.69, 9.17) is 10.2 Å². The molecule has 0 aliphatic carbocycles. The highest BCUT2D eigenvalue weighted by Gasteiger charge is 2.21. The Hall–Kier alpha value is -1.53. The summed E-state index contributed by atoms with van der Waals surface area (Å²) in [6, 6.07) is 11.8. The fraction of sp³-hybridized carbons (Fsp3) is 0.389. The predicted octanol–water partition coefficient (Wildman–Crippen LogP) is 3.15. The van der Waals surface area contributed by atoms with E-state index < -0.39 is 0 Å². The number of nitrogens with zero attached hydrogens (tertiary/aromatic N) is 1. The van der Waals surface area contributed by atoms with Crippen LogP contribution in [0.15, 0.2) is 47.1 Å². The van der Waals surface area contributed by atoms with Crippen LogP contribution in [0, 0.1) is 0 Å². The number of likely N-dealkylation sites (tertiary alicyclic amines) is 1. The first kappa shape index (κ1) is 21.5. The second-order valence-corrected chi connectivity index (χ2v) is 5.95. The summed E-state index contributed by atoms with van der Waals surface area (Å²) in [5.41, 5.74) is 7.17. The molecular weight excluding hydrogens is 361 g/mol. The summed E-state index contributed by atoms with van der Waals surface area (Å²) in [5, 5.41) is 3.13. The zero-order valence-corrected chi connectivity index (χ0v) is 15.7. The Morgan fingerprint density at radius 3 is 2.48 bits per heavy atom. The van der Waals surface area contributed by atoms with Crippen molar-refractivity contribution in [1.82, 2.24) is 10.2 Å². The molecule has 3 rings (SSSR count). The lowest BCUT2D eigenvalue weighted by Crippen LogP contribution is -2.36. The Balaban J connectivity index is 0.00000156. The van der Waals surface area contributed by atoms with E-state index in [2.05, 4.69) is 22.3 Å². The van der Waals surface area contributed by atoms with Crippen LogP contribution >= 0.6 is 24.8 Å². The first-order valence-electron chi connectivity index (χ1n) is 8.12. The summed E-state index contributed by atoms with van der Waals surface area (Å²) in [5.74, 6) is 0.493. The maximum Gasteiger partial charge on any atom is 0.255 e. The van der Waals surface area contributed by atoms with E-state index in [1.165, 1.54) is 19.1 Å². The molecule has 138 valence electrons. The fourth-order valence-electron chi connectivity index (χ4n) is 2.99. The van der Waals surface area contributed by atoms with Crippen LogP contribution in [0.25, 0.3) is 0 Å². The topological polar surface area (TPSA) is 71.5 Å². The number of hydrogen-bond donors (Lipinski definition) is 2. The van der Waals surface area contributed by atoms with Crippen LogP contribution in [0.4, 0.5) is 0 Å². The Kier molecular flexibility index (Phi) is 9.00. The highest BCUT2D eigenvalue weighted by Crippen LogP contribution is 2.19. The first-order chi connectivity index (χ1) is 11.3. The molecular formula is C18H25Cl2N3O2. The summed E-state index contributed by atoms with van der Waals surface area (Å²) in [6.07, 6.45) is 3.93. The van der Waals surface area contributed by atoms with Gasteiger partial charge in [0, 0.05) is 6.54 Å². The monoisotopic (exact) mass is 385 g/mol. The number of nitrogens with two attached hydrogens (primary N) is 1. The van der Waals surface area contributed by atoms with Gasteiger partial charge in [-0.1, -0.05) is 30.3 Å². The highest BCUT2D eigenvalue weighted by molar-refractivity contribution is 5.94. The van der Waals surface area contributed by atoms with E-state index in [0.29, 0.717) is 17.9 Å². The minimum Gasteiger partial charge on any atom is -0.467 e. The first-order valence-corrected chi connectivity index (χ1v) is 8.12. The largest absolute Gasteiger partial charge is 0.467 e. The number of hydrogen-bond acceptors (Lipinski definition) is 4. The molecule has 1 aliphatic heterocycles. The maximum atomic E-state index is 12.5. The predicted molar refractivity (Wildman–Crippen MR) is 103 cm³/mol. The van der Waals surface area contributed by atoms with Crippen LogP contribution in [0.1, 0.15) is 40.6 Å². The molecule has 2 heterocycles. The summed E-state index contributed by atoms with van der Waals surface area (Å²) in [7, 11) is 0. The third kappa shape index (κ3) is 5.75. The molecule has 1 amide bonds. The third-order valence-electron chi connectivity index (χ3n) is 4.26. The molecule has 5 nitrogen and oxygen atoms in total. The Bertz CT molecular complexity index is 643. The molecule has 1 atom stereocenters. The van der Waals surface area contributed by atoms with Gasteiger partial charge in [0.15, 0.2) is 0 Å². The van der Waals surface area contributed by atoms with Gasteiger partial charge in [0.1, 0.15) is 12.0 Å². The SMILES string of the molecule is Cl.Cl.NCc1cc(C(=O)NC(CN2CCCC2)c2ccccc2)co1. The number of benzene rings is 1. The van der Waals surface area contributed by atoms with Gasteiger partial charge in [-0.05, 0) is 37.6 Å². The molecule has 1 aliphatic rings. The number of amides is 1. The van der Waals surface area contributed by atoms with E-state index in [1.807, 2.05) is 18.2 Å². The van der Waals surface area contributed by atoms with E-state index >= 15 is 0 Å². The van der Waals surface area contributed by atoms with Gasteiger partial charge in [-0.2, -0.15) is 0 Å². The lowest BCUT2D eigenvalue weighted by molar-refractivity contribution is 0.0926. The number of rotatable bonds is 6. The van der Waals surface area contributed by atoms with Crippen molar-refractivity contribution in [2.75, 3.05) is 19.6 Å². The highest BCUT2D eigenvalue weighted by atomic mass is 35.5. The van der Waals surface area contributed by atoms with Crippen molar-refractivity contribution in [3.05, 3.63) is 59.5 Å². The van der Waals surface area contributed by atoms with Crippen molar-refractivity contribution in [1.29, 1.82) is 0 Å². The number of carbonyl (C=O) groups excluding carboxylic acids is 1. The average Bonchev–Trinajstić information content (AvgIpc) is 3.26. The van der Waals surface area contributed by atoms with Gasteiger partial charge >= 0.3 is 0 Å². The number of furan rings is 1. The summed E-state index contributed by atoms with van der Waals surface area (Å²) in [4.78, 5) is 14.9.